The van der Waals surface area contributed by atoms with Crippen LogP contribution in [0.15, 0.2) is 47.8 Å². The molecule has 1 amide bonds. The van der Waals surface area contributed by atoms with Crippen molar-refractivity contribution < 1.29 is 18.7 Å². The number of fused-ring (bicyclic) bond motifs is 1. The summed E-state index contributed by atoms with van der Waals surface area (Å²) < 4.78 is 26.1. The Morgan fingerprint density at radius 1 is 1.09 bits per heavy atom. The van der Waals surface area contributed by atoms with E-state index in [-0.39, 0.29) is 12.4 Å². The maximum atomic E-state index is 15.0. The lowest BCUT2D eigenvalue weighted by molar-refractivity contribution is 0.0602. The first kappa shape index (κ1) is 25.2. The quantitative estimate of drug-likeness (QED) is 0.382. The molecule has 1 unspecified atom stereocenters. The number of halogens is 1. The molecule has 0 fully saturated rings. The number of pyridine rings is 1. The van der Waals surface area contributed by atoms with Crippen LogP contribution in [0.25, 0.3) is 22.3 Å². The normalized spacial score (nSPS) is 13.9. The van der Waals surface area contributed by atoms with Crippen molar-refractivity contribution in [2.45, 2.75) is 53.6 Å². The molecule has 0 bridgehead atoms. The number of aliphatic imine (C=N–C) groups is 1. The lowest BCUT2D eigenvalue weighted by Gasteiger charge is -2.27. The Labute approximate surface area is 199 Å². The predicted molar refractivity (Wildman–Crippen MR) is 131 cm³/mol. The fourth-order valence-corrected chi connectivity index (χ4v) is 3.72. The van der Waals surface area contributed by atoms with Crippen LogP contribution >= 0.6 is 0 Å². The van der Waals surface area contributed by atoms with Gasteiger partial charge in [-0.3, -0.25) is 4.98 Å². The molecule has 3 rings (SSSR count). The highest BCUT2D eigenvalue weighted by molar-refractivity contribution is 5.89. The molecule has 0 radical (unpaired) electrons. The van der Waals surface area contributed by atoms with Gasteiger partial charge in [0.2, 0.25) is 0 Å². The highest BCUT2D eigenvalue weighted by Gasteiger charge is 2.26. The standard InChI is InChI=1S/C26H31FN4O3/c1-17(2)14-26(6,15-31-24(32)34-25(3,4)5)16-33-21-8-7-18(13-20(21)27)19-9-10-29-23-22(19)28-11-12-30-23/h7-13,15,17H,14,16H2,1-6H3/b31-15-. The first-order chi connectivity index (χ1) is 16.0. The minimum absolute atomic E-state index is 0.119. The Balaban J connectivity index is 1.78. The lowest BCUT2D eigenvalue weighted by atomic mass is 9.84. The molecule has 0 N–H and O–H groups in total. The van der Waals surface area contributed by atoms with Gasteiger partial charge >= 0.3 is 6.09 Å². The monoisotopic (exact) mass is 466 g/mol. The van der Waals surface area contributed by atoms with Crippen molar-refractivity contribution in [2.24, 2.45) is 16.3 Å². The summed E-state index contributed by atoms with van der Waals surface area (Å²) in [7, 11) is 0. The number of benzene rings is 1. The molecule has 2 heterocycles. The van der Waals surface area contributed by atoms with Gasteiger partial charge in [-0.05, 0) is 56.9 Å². The third-order valence-electron chi connectivity index (χ3n) is 4.92. The summed E-state index contributed by atoms with van der Waals surface area (Å²) in [4.78, 5) is 28.8. The summed E-state index contributed by atoms with van der Waals surface area (Å²) >= 11 is 0. The second-order valence-electron chi connectivity index (χ2n) is 10.0. The molecular formula is C26H31FN4O3. The van der Waals surface area contributed by atoms with Crippen molar-refractivity contribution in [2.75, 3.05) is 6.61 Å². The van der Waals surface area contributed by atoms with Crippen LogP contribution in [-0.2, 0) is 4.74 Å². The third-order valence-corrected chi connectivity index (χ3v) is 4.92. The number of ether oxygens (including phenoxy) is 2. The number of aromatic nitrogens is 3. The number of carbonyl (C=O) groups is 1. The van der Waals surface area contributed by atoms with E-state index in [2.05, 4.69) is 33.8 Å². The van der Waals surface area contributed by atoms with Crippen LogP contribution in [0.4, 0.5) is 9.18 Å². The summed E-state index contributed by atoms with van der Waals surface area (Å²) in [6, 6.07) is 6.55. The minimum Gasteiger partial charge on any atom is -0.490 e. The fraction of sp³-hybridized carbons (Fsp3) is 0.423. The van der Waals surface area contributed by atoms with E-state index >= 15 is 0 Å². The maximum absolute atomic E-state index is 15.0. The van der Waals surface area contributed by atoms with Gasteiger partial charge in [0.25, 0.3) is 0 Å². The molecule has 1 aromatic carbocycles. The van der Waals surface area contributed by atoms with Crippen LogP contribution in [-0.4, -0.2) is 39.5 Å². The molecule has 8 heteroatoms. The first-order valence-electron chi connectivity index (χ1n) is 11.2. The van der Waals surface area contributed by atoms with Crippen molar-refractivity contribution in [3.8, 4) is 16.9 Å². The van der Waals surface area contributed by atoms with Gasteiger partial charge in [0, 0.05) is 35.8 Å². The smallest absolute Gasteiger partial charge is 0.433 e. The molecule has 7 nitrogen and oxygen atoms in total. The Morgan fingerprint density at radius 2 is 1.79 bits per heavy atom. The van der Waals surface area contributed by atoms with Crippen LogP contribution in [0.1, 0.15) is 48.0 Å². The van der Waals surface area contributed by atoms with Gasteiger partial charge in [-0.25, -0.2) is 19.2 Å². The average Bonchev–Trinajstić information content (AvgIpc) is 2.75. The van der Waals surface area contributed by atoms with Crippen molar-refractivity contribution in [1.29, 1.82) is 0 Å². The van der Waals surface area contributed by atoms with E-state index < -0.39 is 22.9 Å². The zero-order valence-corrected chi connectivity index (χ0v) is 20.5. The number of amides is 1. The molecule has 2 aromatic heterocycles. The summed E-state index contributed by atoms with van der Waals surface area (Å²) in [5, 5.41) is 0. The summed E-state index contributed by atoms with van der Waals surface area (Å²) in [6.45, 7) is 11.6. The van der Waals surface area contributed by atoms with E-state index in [0.29, 0.717) is 29.1 Å². The molecule has 3 aromatic rings. The molecule has 0 aliphatic rings. The molecule has 0 saturated carbocycles. The van der Waals surface area contributed by atoms with Crippen LogP contribution in [0.3, 0.4) is 0 Å². The molecular weight excluding hydrogens is 435 g/mol. The largest absolute Gasteiger partial charge is 0.490 e. The summed E-state index contributed by atoms with van der Waals surface area (Å²) in [5.41, 5.74) is 1.26. The number of hydrogen-bond acceptors (Lipinski definition) is 6. The van der Waals surface area contributed by atoms with Gasteiger partial charge in [0.1, 0.15) is 11.1 Å². The zero-order chi connectivity index (χ0) is 24.9. The third kappa shape index (κ3) is 6.79. The molecule has 0 aliphatic heterocycles. The van der Waals surface area contributed by atoms with E-state index in [9.17, 15) is 9.18 Å². The Kier molecular flexibility index (Phi) is 7.59. The highest BCUT2D eigenvalue weighted by Crippen LogP contribution is 2.31. The number of nitrogens with zero attached hydrogens (tertiary/aromatic N) is 4. The molecule has 1 atom stereocenters. The van der Waals surface area contributed by atoms with Gasteiger partial charge in [-0.1, -0.05) is 26.8 Å². The lowest BCUT2D eigenvalue weighted by Crippen LogP contribution is -2.30. The molecule has 34 heavy (non-hydrogen) atoms. The van der Waals surface area contributed by atoms with E-state index in [4.69, 9.17) is 9.47 Å². The number of hydrogen-bond donors (Lipinski definition) is 0. The summed E-state index contributed by atoms with van der Waals surface area (Å²) in [6.07, 6.45) is 6.35. The van der Waals surface area contributed by atoms with Gasteiger partial charge < -0.3 is 9.47 Å². The van der Waals surface area contributed by atoms with Crippen molar-refractivity contribution in [1.82, 2.24) is 15.0 Å². The topological polar surface area (TPSA) is 86.6 Å². The molecule has 180 valence electrons. The second kappa shape index (κ2) is 10.2. The van der Waals surface area contributed by atoms with Crippen LogP contribution in [0.5, 0.6) is 5.75 Å². The first-order valence-corrected chi connectivity index (χ1v) is 11.2. The fourth-order valence-electron chi connectivity index (χ4n) is 3.72. The molecule has 0 saturated heterocycles. The van der Waals surface area contributed by atoms with Crippen LogP contribution < -0.4 is 4.74 Å². The van der Waals surface area contributed by atoms with Crippen molar-refractivity contribution >= 4 is 23.5 Å². The van der Waals surface area contributed by atoms with Gasteiger partial charge in [0.15, 0.2) is 17.2 Å². The van der Waals surface area contributed by atoms with E-state index in [1.54, 1.807) is 63.8 Å². The highest BCUT2D eigenvalue weighted by atomic mass is 19.1. The van der Waals surface area contributed by atoms with Gasteiger partial charge in [-0.15, -0.1) is 0 Å². The molecule has 0 aliphatic carbocycles. The van der Waals surface area contributed by atoms with Crippen LogP contribution in [0, 0.1) is 17.2 Å². The van der Waals surface area contributed by atoms with Gasteiger partial charge in [-0.2, -0.15) is 4.99 Å². The van der Waals surface area contributed by atoms with Crippen molar-refractivity contribution in [3.63, 3.8) is 0 Å². The van der Waals surface area contributed by atoms with E-state index in [0.717, 1.165) is 5.56 Å². The molecule has 0 spiro atoms. The number of rotatable bonds is 7. The summed E-state index contributed by atoms with van der Waals surface area (Å²) in [5.74, 6) is -0.0665. The number of carbonyl (C=O) groups excluding carboxylic acids is 1. The Hall–Kier alpha value is -3.42. The average molecular weight is 467 g/mol. The van der Waals surface area contributed by atoms with Crippen LogP contribution in [0.2, 0.25) is 0 Å². The van der Waals surface area contributed by atoms with Crippen molar-refractivity contribution in [3.05, 3.63) is 48.7 Å². The van der Waals surface area contributed by atoms with Gasteiger partial charge in [0.05, 0.1) is 6.61 Å². The predicted octanol–water partition coefficient (Wildman–Crippen LogP) is 6.27. The maximum Gasteiger partial charge on any atom is 0.433 e. The second-order valence-corrected chi connectivity index (χ2v) is 10.0. The minimum atomic E-state index is -0.661. The SMILES string of the molecule is CC(C)CC(C)(/C=N\C(=O)OC(C)(C)C)COc1ccc(-c2ccnc3nccnc23)cc1F. The van der Waals surface area contributed by atoms with E-state index in [1.807, 2.05) is 6.92 Å². The Bertz CT molecular complexity index is 1180. The Morgan fingerprint density at radius 3 is 2.47 bits per heavy atom. The zero-order valence-electron chi connectivity index (χ0n) is 20.5. The van der Waals surface area contributed by atoms with E-state index in [1.165, 1.54) is 6.07 Å².